The van der Waals surface area contributed by atoms with Crippen LogP contribution in [0.25, 0.3) is 0 Å². The van der Waals surface area contributed by atoms with E-state index in [1.807, 2.05) is 0 Å². The number of nitrogens with one attached hydrogen (secondary N) is 2. The molecule has 12 heteroatoms. The third kappa shape index (κ3) is 22.6. The van der Waals surface area contributed by atoms with E-state index in [0.717, 1.165) is 0 Å². The van der Waals surface area contributed by atoms with Crippen molar-refractivity contribution in [3.05, 3.63) is 0 Å². The van der Waals surface area contributed by atoms with Crippen molar-refractivity contribution in [3.8, 4) is 0 Å². The van der Waals surface area contributed by atoms with Gasteiger partial charge in [-0.2, -0.15) is 0 Å². The van der Waals surface area contributed by atoms with E-state index in [4.69, 9.17) is 33.5 Å². The van der Waals surface area contributed by atoms with Crippen LogP contribution < -0.4 is 10.6 Å². The largest absolute Gasteiger partial charge is 0.387 e. The van der Waals surface area contributed by atoms with Gasteiger partial charge in [0.2, 0.25) is 11.8 Å². The third-order valence-corrected chi connectivity index (χ3v) is 3.19. The smallest absolute Gasteiger partial charge is 0.246 e. The molecule has 12 nitrogen and oxygen atoms in total. The highest BCUT2D eigenvalue weighted by molar-refractivity contribution is 5.77. The number of carbonyl (C=O) groups excluding carboxylic acids is 3. The minimum Gasteiger partial charge on any atom is -0.387 e. The first-order chi connectivity index (χ1) is 14.7. The summed E-state index contributed by atoms with van der Waals surface area (Å²) in [6, 6.07) is 0. The number of rotatable bonds is 23. The van der Waals surface area contributed by atoms with Gasteiger partial charge in [0.1, 0.15) is 26.1 Å². The molecule has 0 saturated carbocycles. The summed E-state index contributed by atoms with van der Waals surface area (Å²) in [5, 5.41) is 13.6. The Hall–Kier alpha value is -1.67. The van der Waals surface area contributed by atoms with E-state index in [0.29, 0.717) is 85.4 Å². The first-order valence-corrected chi connectivity index (χ1v) is 9.75. The lowest BCUT2D eigenvalue weighted by molar-refractivity contribution is -0.127. The summed E-state index contributed by atoms with van der Waals surface area (Å²) in [5.74, 6) is -0.723. The molecule has 30 heavy (non-hydrogen) atoms. The first-order valence-electron chi connectivity index (χ1n) is 9.75. The average Bonchev–Trinajstić information content (AvgIpc) is 2.75. The van der Waals surface area contributed by atoms with E-state index >= 15 is 0 Å². The number of carbonyl (C=O) groups is 3. The molecule has 0 heterocycles. The Morgan fingerprint density at radius 3 is 1.43 bits per heavy atom. The molecule has 0 rings (SSSR count). The van der Waals surface area contributed by atoms with Crippen LogP contribution in [0.4, 0.5) is 0 Å². The van der Waals surface area contributed by atoms with Crippen molar-refractivity contribution in [1.82, 2.24) is 10.6 Å². The molecule has 0 unspecified atom stereocenters. The number of aliphatic hydroxyl groups excluding tert-OH is 1. The molecule has 0 aromatic rings. The van der Waals surface area contributed by atoms with Crippen LogP contribution in [0.1, 0.15) is 0 Å². The van der Waals surface area contributed by atoms with Crippen molar-refractivity contribution in [2.24, 2.45) is 0 Å². The Morgan fingerprint density at radius 1 is 0.633 bits per heavy atom. The van der Waals surface area contributed by atoms with Crippen LogP contribution in [-0.2, 0) is 42.8 Å². The number of hydrogen-bond acceptors (Lipinski definition) is 10. The topological polar surface area (TPSA) is 151 Å². The van der Waals surface area contributed by atoms with Crippen LogP contribution in [0.2, 0.25) is 0 Å². The minimum atomic E-state index is -0.523. The van der Waals surface area contributed by atoms with Crippen molar-refractivity contribution in [1.29, 1.82) is 0 Å². The van der Waals surface area contributed by atoms with E-state index in [1.165, 1.54) is 0 Å². The molecule has 0 aliphatic carbocycles. The summed E-state index contributed by atoms with van der Waals surface area (Å²) < 4.78 is 31.3. The summed E-state index contributed by atoms with van der Waals surface area (Å²) in [7, 11) is 0. The van der Waals surface area contributed by atoms with Gasteiger partial charge in [-0.05, 0) is 0 Å². The monoisotopic (exact) mass is 438 g/mol. The van der Waals surface area contributed by atoms with Crippen LogP contribution >= 0.6 is 0 Å². The molecule has 0 bridgehead atoms. The summed E-state index contributed by atoms with van der Waals surface area (Å²) in [6.07, 6.45) is 0.585. The summed E-state index contributed by atoms with van der Waals surface area (Å²) >= 11 is 0. The SMILES string of the molecule is O=CCOCC(=O)NCCOCCOCCOCCOCCOCCNC(=O)CO. The van der Waals surface area contributed by atoms with Gasteiger partial charge in [-0.1, -0.05) is 0 Å². The van der Waals surface area contributed by atoms with Gasteiger partial charge in [0.15, 0.2) is 0 Å². The molecule has 0 fully saturated rings. The van der Waals surface area contributed by atoms with E-state index in [9.17, 15) is 14.4 Å². The maximum Gasteiger partial charge on any atom is 0.246 e. The average molecular weight is 438 g/mol. The second-order valence-corrected chi connectivity index (χ2v) is 5.60. The van der Waals surface area contributed by atoms with Gasteiger partial charge in [-0.25, -0.2) is 0 Å². The van der Waals surface area contributed by atoms with Gasteiger partial charge in [-0.15, -0.1) is 0 Å². The molecule has 0 aromatic heterocycles. The fraction of sp³-hybridized carbons (Fsp3) is 0.833. The van der Waals surface area contributed by atoms with Crippen molar-refractivity contribution < 1.29 is 47.9 Å². The maximum atomic E-state index is 11.2. The molecule has 0 saturated heterocycles. The predicted octanol–water partition coefficient (Wildman–Crippen LogP) is -2.49. The highest BCUT2D eigenvalue weighted by atomic mass is 16.6. The van der Waals surface area contributed by atoms with Gasteiger partial charge in [0, 0.05) is 13.1 Å². The van der Waals surface area contributed by atoms with Gasteiger partial charge >= 0.3 is 0 Å². The summed E-state index contributed by atoms with van der Waals surface area (Å²) in [6.45, 7) is 4.11. The quantitative estimate of drug-likeness (QED) is 0.115. The number of ether oxygens (including phenoxy) is 6. The van der Waals surface area contributed by atoms with Gasteiger partial charge in [0.25, 0.3) is 0 Å². The van der Waals surface area contributed by atoms with Crippen LogP contribution in [0, 0.1) is 0 Å². The zero-order valence-corrected chi connectivity index (χ0v) is 17.3. The second-order valence-electron chi connectivity index (χ2n) is 5.60. The highest BCUT2D eigenvalue weighted by Crippen LogP contribution is 1.84. The fourth-order valence-corrected chi connectivity index (χ4v) is 1.81. The Balaban J connectivity index is 3.10. The molecule has 2 amide bonds. The van der Waals surface area contributed by atoms with E-state index in [2.05, 4.69) is 10.6 Å². The van der Waals surface area contributed by atoms with Gasteiger partial charge < -0.3 is 49.0 Å². The Labute approximate surface area is 176 Å². The summed E-state index contributed by atoms with van der Waals surface area (Å²) in [5.41, 5.74) is 0. The van der Waals surface area contributed by atoms with Crippen LogP contribution in [0.15, 0.2) is 0 Å². The van der Waals surface area contributed by atoms with Crippen molar-refractivity contribution in [2.45, 2.75) is 0 Å². The molecule has 0 spiro atoms. The molecule has 0 atom stereocenters. The van der Waals surface area contributed by atoms with E-state index in [-0.39, 0.29) is 19.1 Å². The lowest BCUT2D eigenvalue weighted by Gasteiger charge is -2.08. The first kappa shape index (κ1) is 28.3. The second kappa shape index (κ2) is 23.6. The molecule has 0 aromatic carbocycles. The van der Waals surface area contributed by atoms with Crippen molar-refractivity contribution in [3.63, 3.8) is 0 Å². The normalized spacial score (nSPS) is 10.7. The minimum absolute atomic E-state index is 0.0941. The van der Waals surface area contributed by atoms with Crippen LogP contribution in [0.3, 0.4) is 0 Å². The molecular weight excluding hydrogens is 404 g/mol. The number of amides is 2. The Bertz CT molecular complexity index is 426. The lowest BCUT2D eigenvalue weighted by atomic mass is 10.6. The zero-order chi connectivity index (χ0) is 22.1. The molecule has 0 radical (unpaired) electrons. The molecule has 176 valence electrons. The third-order valence-electron chi connectivity index (χ3n) is 3.19. The zero-order valence-electron chi connectivity index (χ0n) is 17.3. The fourth-order valence-electron chi connectivity index (χ4n) is 1.81. The molecule has 3 N–H and O–H groups in total. The predicted molar refractivity (Wildman–Crippen MR) is 104 cm³/mol. The van der Waals surface area contributed by atoms with Crippen LogP contribution in [0.5, 0.6) is 0 Å². The number of hydrogen-bond donors (Lipinski definition) is 3. The number of aldehydes is 1. The Morgan fingerprint density at radius 2 is 1.03 bits per heavy atom. The maximum absolute atomic E-state index is 11.2. The van der Waals surface area contributed by atoms with Crippen LogP contribution in [-0.4, -0.2) is 122 Å². The Kier molecular flexibility index (Phi) is 22.3. The van der Waals surface area contributed by atoms with E-state index < -0.39 is 12.5 Å². The van der Waals surface area contributed by atoms with E-state index in [1.54, 1.807) is 0 Å². The lowest BCUT2D eigenvalue weighted by Crippen LogP contribution is -2.31. The summed E-state index contributed by atoms with van der Waals surface area (Å²) in [4.78, 5) is 32.0. The highest BCUT2D eigenvalue weighted by Gasteiger charge is 2.00. The molecular formula is C18H34N2O10. The number of aliphatic hydroxyl groups is 1. The molecule has 0 aliphatic rings. The van der Waals surface area contributed by atoms with Crippen molar-refractivity contribution >= 4 is 18.1 Å². The van der Waals surface area contributed by atoms with Gasteiger partial charge in [0.05, 0.1) is 66.1 Å². The standard InChI is InChI=1S/C18H34N2O10/c21-3-6-30-16-18(24)20-2-5-26-8-10-28-12-14-29-13-11-27-9-7-25-4-1-19-17(23)15-22/h3,22H,1-2,4-16H2,(H,19,23)(H,20,24). The van der Waals surface area contributed by atoms with Gasteiger partial charge in [-0.3, -0.25) is 9.59 Å². The molecule has 0 aliphatic heterocycles. The van der Waals surface area contributed by atoms with Crippen molar-refractivity contribution in [2.75, 3.05) is 99.0 Å².